The molecule has 30 heavy (non-hydrogen) atoms. The number of rotatable bonds is 5. The molecule has 2 aromatic carbocycles. The number of hydrogen-bond acceptors (Lipinski definition) is 4. The normalized spacial score (nSPS) is 22.3. The van der Waals surface area contributed by atoms with E-state index in [9.17, 15) is 13.2 Å². The van der Waals surface area contributed by atoms with Crippen LogP contribution in [0.3, 0.4) is 0 Å². The molecule has 1 amide bonds. The smallest absolute Gasteiger partial charge is 0.240 e. The summed E-state index contributed by atoms with van der Waals surface area (Å²) in [5.74, 6) is 0.178. The third kappa shape index (κ3) is 4.15. The van der Waals surface area contributed by atoms with Crippen LogP contribution in [0.4, 0.5) is 0 Å². The number of hydrogen-bond donors (Lipinski definition) is 1. The number of nitrogens with zero attached hydrogens (tertiary/aromatic N) is 2. The highest BCUT2D eigenvalue weighted by molar-refractivity contribution is 7.89. The molecule has 0 spiro atoms. The lowest BCUT2D eigenvalue weighted by Gasteiger charge is -2.41. The Kier molecular flexibility index (Phi) is 5.95. The van der Waals surface area contributed by atoms with Crippen LogP contribution in [0, 0.1) is 5.92 Å². The molecule has 1 aliphatic carbocycles. The molecule has 1 heterocycles. The van der Waals surface area contributed by atoms with E-state index in [0.717, 1.165) is 13.1 Å². The zero-order valence-corrected chi connectivity index (χ0v) is 18.3. The first-order chi connectivity index (χ1) is 14.4. The molecule has 1 N–H and O–H groups in total. The fourth-order valence-electron chi connectivity index (χ4n) is 4.58. The number of benzene rings is 2. The first kappa shape index (κ1) is 21.0. The molecule has 0 unspecified atom stereocenters. The first-order valence-electron chi connectivity index (χ1n) is 10.5. The van der Waals surface area contributed by atoms with Gasteiger partial charge in [-0.25, -0.2) is 13.1 Å². The largest absolute Gasteiger partial charge is 0.340 e. The molecule has 0 bridgehead atoms. The minimum atomic E-state index is -3.61. The summed E-state index contributed by atoms with van der Waals surface area (Å²) in [5, 5.41) is 0. The van der Waals surface area contributed by atoms with Crippen LogP contribution in [-0.2, 0) is 21.2 Å². The van der Waals surface area contributed by atoms with Gasteiger partial charge in [0, 0.05) is 38.1 Å². The average molecular weight is 428 g/mol. The lowest BCUT2D eigenvalue weighted by atomic mass is 10.0. The molecule has 2 atom stereocenters. The summed E-state index contributed by atoms with van der Waals surface area (Å²) in [6.45, 7) is 6.68. The molecular formula is C23H29N3O3S. The number of sulfonamides is 1. The fourth-order valence-corrected chi connectivity index (χ4v) is 5.85. The highest BCUT2D eigenvalue weighted by Crippen LogP contribution is 2.37. The number of fused-ring (bicyclic) bond motifs is 1. The molecule has 0 aromatic heterocycles. The van der Waals surface area contributed by atoms with Gasteiger partial charge in [0.15, 0.2) is 0 Å². The first-order valence-corrected chi connectivity index (χ1v) is 12.0. The number of amides is 1. The Morgan fingerprint density at radius 3 is 2.27 bits per heavy atom. The van der Waals surface area contributed by atoms with Crippen molar-refractivity contribution in [3.05, 3.63) is 65.7 Å². The van der Waals surface area contributed by atoms with Gasteiger partial charge in [-0.05, 0) is 29.7 Å². The summed E-state index contributed by atoms with van der Waals surface area (Å²) in [4.78, 5) is 16.9. The molecule has 6 nitrogen and oxygen atoms in total. The van der Waals surface area contributed by atoms with E-state index in [1.165, 1.54) is 11.1 Å². The van der Waals surface area contributed by atoms with Gasteiger partial charge in [-0.2, -0.15) is 0 Å². The lowest BCUT2D eigenvalue weighted by Crippen LogP contribution is -2.53. The average Bonchev–Trinajstić information content (AvgIpc) is 3.11. The van der Waals surface area contributed by atoms with Crippen LogP contribution in [0.2, 0.25) is 0 Å². The minimum Gasteiger partial charge on any atom is -0.340 e. The van der Waals surface area contributed by atoms with Gasteiger partial charge in [0.1, 0.15) is 0 Å². The summed E-state index contributed by atoms with van der Waals surface area (Å²) in [6.07, 6.45) is 0.665. The molecule has 2 aliphatic rings. The highest BCUT2D eigenvalue weighted by atomic mass is 32.2. The van der Waals surface area contributed by atoms with Gasteiger partial charge in [0.2, 0.25) is 15.9 Å². The summed E-state index contributed by atoms with van der Waals surface area (Å²) < 4.78 is 29.0. The molecule has 1 aliphatic heterocycles. The van der Waals surface area contributed by atoms with Crippen molar-refractivity contribution < 1.29 is 13.2 Å². The quantitative estimate of drug-likeness (QED) is 0.796. The van der Waals surface area contributed by atoms with Crippen LogP contribution in [-0.4, -0.2) is 56.3 Å². The standard InChI is InChI=1S/C23H29N3O3S/c1-17(2)23(27)26-14-12-25(13-15-26)22-20-11-7-6-8-18(20)16-21(22)24-30(28,29)19-9-4-3-5-10-19/h3-11,17,21-22,24H,12-16H2,1-2H3/t21-,22-/m0/s1. The van der Waals surface area contributed by atoms with Crippen LogP contribution in [0.15, 0.2) is 59.5 Å². The van der Waals surface area contributed by atoms with Gasteiger partial charge in [-0.1, -0.05) is 56.3 Å². The Morgan fingerprint density at radius 2 is 1.60 bits per heavy atom. The van der Waals surface area contributed by atoms with E-state index in [2.05, 4.69) is 21.8 Å². The van der Waals surface area contributed by atoms with E-state index in [1.807, 2.05) is 36.9 Å². The van der Waals surface area contributed by atoms with E-state index in [-0.39, 0.29) is 28.8 Å². The van der Waals surface area contributed by atoms with Crippen molar-refractivity contribution in [2.75, 3.05) is 26.2 Å². The Morgan fingerprint density at radius 1 is 0.967 bits per heavy atom. The molecule has 7 heteroatoms. The number of carbonyl (C=O) groups excluding carboxylic acids is 1. The lowest BCUT2D eigenvalue weighted by molar-refractivity contribution is -0.136. The Hall–Kier alpha value is -2.22. The van der Waals surface area contributed by atoms with Crippen LogP contribution >= 0.6 is 0 Å². The molecule has 0 radical (unpaired) electrons. The monoisotopic (exact) mass is 427 g/mol. The number of nitrogens with one attached hydrogen (secondary N) is 1. The molecular weight excluding hydrogens is 398 g/mol. The van der Waals surface area contributed by atoms with Gasteiger partial charge in [0.25, 0.3) is 0 Å². The summed E-state index contributed by atoms with van der Waals surface area (Å²) in [6, 6.07) is 16.5. The SMILES string of the molecule is CC(C)C(=O)N1CCN([C@H]2c3ccccc3C[C@@H]2NS(=O)(=O)c2ccccc2)CC1. The maximum atomic E-state index is 13.0. The molecule has 1 saturated heterocycles. The molecule has 4 rings (SSSR count). The van der Waals surface area contributed by atoms with Crippen molar-refractivity contribution in [2.24, 2.45) is 5.92 Å². The molecule has 0 saturated carbocycles. The van der Waals surface area contributed by atoms with Crippen molar-refractivity contribution >= 4 is 15.9 Å². The van der Waals surface area contributed by atoms with E-state index in [4.69, 9.17) is 0 Å². The molecule has 2 aromatic rings. The van der Waals surface area contributed by atoms with Gasteiger partial charge in [-0.15, -0.1) is 0 Å². The Labute approximate surface area is 178 Å². The summed E-state index contributed by atoms with van der Waals surface area (Å²) in [5.41, 5.74) is 2.37. The van der Waals surface area contributed by atoms with Gasteiger partial charge >= 0.3 is 0 Å². The van der Waals surface area contributed by atoms with Crippen molar-refractivity contribution in [3.8, 4) is 0 Å². The zero-order chi connectivity index (χ0) is 21.3. The molecule has 160 valence electrons. The van der Waals surface area contributed by atoms with Gasteiger partial charge in [-0.3, -0.25) is 9.69 Å². The summed E-state index contributed by atoms with van der Waals surface area (Å²) >= 11 is 0. The van der Waals surface area contributed by atoms with Crippen LogP contribution in [0.1, 0.15) is 31.0 Å². The van der Waals surface area contributed by atoms with Crippen molar-refractivity contribution in [1.82, 2.24) is 14.5 Å². The third-order valence-corrected chi connectivity index (χ3v) is 7.57. The van der Waals surface area contributed by atoms with Crippen molar-refractivity contribution in [3.63, 3.8) is 0 Å². The van der Waals surface area contributed by atoms with Crippen molar-refractivity contribution in [2.45, 2.75) is 37.2 Å². The number of carbonyl (C=O) groups is 1. The zero-order valence-electron chi connectivity index (χ0n) is 17.5. The Bertz CT molecular complexity index is 999. The van der Waals surface area contributed by atoms with E-state index < -0.39 is 10.0 Å². The predicted octanol–water partition coefficient (Wildman–Crippen LogP) is 2.43. The maximum absolute atomic E-state index is 13.0. The minimum absolute atomic E-state index is 0.00538. The second-order valence-electron chi connectivity index (χ2n) is 8.40. The van der Waals surface area contributed by atoms with Crippen LogP contribution in [0.25, 0.3) is 0 Å². The van der Waals surface area contributed by atoms with Crippen LogP contribution in [0.5, 0.6) is 0 Å². The summed E-state index contributed by atoms with van der Waals surface area (Å²) in [7, 11) is -3.61. The fraction of sp³-hybridized carbons (Fsp3) is 0.435. The maximum Gasteiger partial charge on any atom is 0.240 e. The predicted molar refractivity (Wildman–Crippen MR) is 116 cm³/mol. The molecule has 1 fully saturated rings. The second-order valence-corrected chi connectivity index (χ2v) is 10.1. The van der Waals surface area contributed by atoms with Crippen molar-refractivity contribution in [1.29, 1.82) is 0 Å². The number of piperazine rings is 1. The van der Waals surface area contributed by atoms with Gasteiger partial charge in [0.05, 0.1) is 10.9 Å². The second kappa shape index (κ2) is 8.49. The Balaban J connectivity index is 1.56. The topological polar surface area (TPSA) is 69.7 Å². The van der Waals surface area contributed by atoms with E-state index in [0.29, 0.717) is 19.5 Å². The van der Waals surface area contributed by atoms with Gasteiger partial charge < -0.3 is 4.90 Å². The van der Waals surface area contributed by atoms with Crippen LogP contribution < -0.4 is 4.72 Å². The highest BCUT2D eigenvalue weighted by Gasteiger charge is 2.40. The van der Waals surface area contributed by atoms with E-state index >= 15 is 0 Å². The third-order valence-electron chi connectivity index (χ3n) is 6.07. The van der Waals surface area contributed by atoms with E-state index in [1.54, 1.807) is 24.3 Å².